The summed E-state index contributed by atoms with van der Waals surface area (Å²) in [5, 5.41) is 6.37. The summed E-state index contributed by atoms with van der Waals surface area (Å²) < 4.78 is 5.22. The average Bonchev–Trinajstić information content (AvgIpc) is 2.47. The van der Waals surface area contributed by atoms with Crippen LogP contribution < -0.4 is 15.4 Å². The van der Waals surface area contributed by atoms with Crippen LogP contribution in [0.3, 0.4) is 0 Å². The number of rotatable bonds is 4. The highest BCUT2D eigenvalue weighted by Crippen LogP contribution is 2.20. The van der Waals surface area contributed by atoms with E-state index in [9.17, 15) is 4.79 Å². The van der Waals surface area contributed by atoms with Crippen LogP contribution in [0.2, 0.25) is 0 Å². The van der Waals surface area contributed by atoms with Gasteiger partial charge in [0.05, 0.1) is 19.2 Å². The van der Waals surface area contributed by atoms with E-state index < -0.39 is 0 Å². The number of carbonyl (C=O) groups is 1. The minimum Gasteiger partial charge on any atom is -0.497 e. The second kappa shape index (κ2) is 6.75. The van der Waals surface area contributed by atoms with E-state index in [0.29, 0.717) is 5.92 Å². The standard InChI is InChI=1S/C16H24N2O2/c1-11-7-8-17-15(9-11)16(19)18-12(2)13-5-4-6-14(10-13)20-3/h4-6,10-12,15,17H,7-9H2,1-3H3,(H,18,19)/t11?,12-,15?/m0/s1. The molecule has 1 heterocycles. The van der Waals surface area contributed by atoms with Crippen molar-refractivity contribution in [1.82, 2.24) is 10.6 Å². The van der Waals surface area contributed by atoms with E-state index in [-0.39, 0.29) is 18.0 Å². The SMILES string of the molecule is COc1cccc([C@H](C)NC(=O)C2CC(C)CCN2)c1. The van der Waals surface area contributed by atoms with Gasteiger partial charge in [-0.05, 0) is 49.9 Å². The number of benzene rings is 1. The van der Waals surface area contributed by atoms with E-state index in [2.05, 4.69) is 17.6 Å². The monoisotopic (exact) mass is 276 g/mol. The maximum absolute atomic E-state index is 12.3. The summed E-state index contributed by atoms with van der Waals surface area (Å²) in [4.78, 5) is 12.3. The van der Waals surface area contributed by atoms with Crippen molar-refractivity contribution < 1.29 is 9.53 Å². The van der Waals surface area contributed by atoms with Gasteiger partial charge in [-0.15, -0.1) is 0 Å². The summed E-state index contributed by atoms with van der Waals surface area (Å²) in [6.45, 7) is 5.12. The molecule has 1 aliphatic rings. The highest BCUT2D eigenvalue weighted by molar-refractivity contribution is 5.82. The summed E-state index contributed by atoms with van der Waals surface area (Å²) in [6.07, 6.45) is 2.06. The molecule has 1 fully saturated rings. The van der Waals surface area contributed by atoms with E-state index in [1.165, 1.54) is 0 Å². The molecule has 2 unspecified atom stereocenters. The van der Waals surface area contributed by atoms with E-state index in [1.807, 2.05) is 31.2 Å². The van der Waals surface area contributed by atoms with Crippen LogP contribution >= 0.6 is 0 Å². The molecule has 2 rings (SSSR count). The van der Waals surface area contributed by atoms with Crippen molar-refractivity contribution in [2.24, 2.45) is 5.92 Å². The first kappa shape index (κ1) is 14.9. The van der Waals surface area contributed by atoms with Crippen LogP contribution in [0.5, 0.6) is 5.75 Å². The molecule has 0 bridgehead atoms. The third-order valence-electron chi connectivity index (χ3n) is 3.93. The predicted molar refractivity (Wildman–Crippen MR) is 79.7 cm³/mol. The highest BCUT2D eigenvalue weighted by atomic mass is 16.5. The number of amides is 1. The third-order valence-corrected chi connectivity index (χ3v) is 3.93. The molecule has 1 amide bonds. The second-order valence-electron chi connectivity index (χ2n) is 5.64. The Morgan fingerprint density at radius 2 is 2.30 bits per heavy atom. The second-order valence-corrected chi connectivity index (χ2v) is 5.64. The molecule has 0 spiro atoms. The van der Waals surface area contributed by atoms with E-state index >= 15 is 0 Å². The van der Waals surface area contributed by atoms with Crippen molar-refractivity contribution in [2.45, 2.75) is 38.8 Å². The van der Waals surface area contributed by atoms with Gasteiger partial charge in [-0.25, -0.2) is 0 Å². The van der Waals surface area contributed by atoms with Gasteiger partial charge in [0, 0.05) is 0 Å². The molecule has 4 nitrogen and oxygen atoms in total. The highest BCUT2D eigenvalue weighted by Gasteiger charge is 2.25. The first-order chi connectivity index (χ1) is 9.60. The van der Waals surface area contributed by atoms with Gasteiger partial charge in [0.2, 0.25) is 5.91 Å². The van der Waals surface area contributed by atoms with Gasteiger partial charge < -0.3 is 15.4 Å². The lowest BCUT2D eigenvalue weighted by Gasteiger charge is -2.28. The normalized spacial score (nSPS) is 23.9. The first-order valence-electron chi connectivity index (χ1n) is 7.28. The Morgan fingerprint density at radius 3 is 3.00 bits per heavy atom. The van der Waals surface area contributed by atoms with Gasteiger partial charge in [0.25, 0.3) is 0 Å². The number of ether oxygens (including phenoxy) is 1. The Bertz CT molecular complexity index is 462. The van der Waals surface area contributed by atoms with Crippen molar-refractivity contribution in [3.63, 3.8) is 0 Å². The molecular formula is C16H24N2O2. The van der Waals surface area contributed by atoms with Crippen molar-refractivity contribution in [1.29, 1.82) is 0 Å². The third kappa shape index (κ3) is 3.73. The molecule has 20 heavy (non-hydrogen) atoms. The van der Waals surface area contributed by atoms with Gasteiger partial charge in [-0.3, -0.25) is 4.79 Å². The van der Waals surface area contributed by atoms with Crippen LogP contribution in [0.1, 0.15) is 38.3 Å². The number of piperidine rings is 1. The van der Waals surface area contributed by atoms with Gasteiger partial charge in [0.15, 0.2) is 0 Å². The zero-order valence-corrected chi connectivity index (χ0v) is 12.5. The fourth-order valence-electron chi connectivity index (χ4n) is 2.62. The fourth-order valence-corrected chi connectivity index (χ4v) is 2.62. The average molecular weight is 276 g/mol. The van der Waals surface area contributed by atoms with Gasteiger partial charge in [-0.2, -0.15) is 0 Å². The summed E-state index contributed by atoms with van der Waals surface area (Å²) in [6, 6.07) is 7.73. The van der Waals surface area contributed by atoms with E-state index in [4.69, 9.17) is 4.74 Å². The van der Waals surface area contributed by atoms with Crippen molar-refractivity contribution in [3.8, 4) is 5.75 Å². The summed E-state index contributed by atoms with van der Waals surface area (Å²) >= 11 is 0. The number of methoxy groups -OCH3 is 1. The summed E-state index contributed by atoms with van der Waals surface area (Å²) in [5.41, 5.74) is 1.06. The van der Waals surface area contributed by atoms with Gasteiger partial charge in [-0.1, -0.05) is 19.1 Å². The molecule has 1 aromatic carbocycles. The maximum Gasteiger partial charge on any atom is 0.237 e. The number of nitrogens with one attached hydrogen (secondary N) is 2. The molecule has 1 aliphatic heterocycles. The lowest BCUT2D eigenvalue weighted by molar-refractivity contribution is -0.124. The minimum atomic E-state index is -0.0631. The van der Waals surface area contributed by atoms with Crippen molar-refractivity contribution in [3.05, 3.63) is 29.8 Å². The Morgan fingerprint density at radius 1 is 1.50 bits per heavy atom. The Kier molecular flexibility index (Phi) is 5.01. The molecule has 0 saturated carbocycles. The molecule has 0 radical (unpaired) electrons. The predicted octanol–water partition coefficient (Wildman–Crippen LogP) is 2.26. The Labute approximate surface area is 120 Å². The molecule has 110 valence electrons. The summed E-state index contributed by atoms with van der Waals surface area (Å²) in [7, 11) is 1.65. The molecule has 2 N–H and O–H groups in total. The maximum atomic E-state index is 12.3. The van der Waals surface area contributed by atoms with Gasteiger partial charge in [0.1, 0.15) is 5.75 Å². The van der Waals surface area contributed by atoms with E-state index in [0.717, 1.165) is 30.7 Å². The zero-order chi connectivity index (χ0) is 14.5. The first-order valence-corrected chi connectivity index (χ1v) is 7.28. The van der Waals surface area contributed by atoms with Crippen molar-refractivity contribution >= 4 is 5.91 Å². The van der Waals surface area contributed by atoms with Crippen LogP contribution in [0.25, 0.3) is 0 Å². The van der Waals surface area contributed by atoms with Crippen LogP contribution in [-0.4, -0.2) is 25.6 Å². The van der Waals surface area contributed by atoms with E-state index in [1.54, 1.807) is 7.11 Å². The lowest BCUT2D eigenvalue weighted by Crippen LogP contribution is -2.48. The molecule has 0 aliphatic carbocycles. The largest absolute Gasteiger partial charge is 0.497 e. The number of hydrogen-bond donors (Lipinski definition) is 2. The molecule has 1 aromatic rings. The zero-order valence-electron chi connectivity index (χ0n) is 12.5. The molecule has 4 heteroatoms. The minimum absolute atomic E-state index is 0.0170. The number of hydrogen-bond acceptors (Lipinski definition) is 3. The molecule has 1 saturated heterocycles. The van der Waals surface area contributed by atoms with Crippen molar-refractivity contribution in [2.75, 3.05) is 13.7 Å². The number of carbonyl (C=O) groups excluding carboxylic acids is 1. The molecule has 3 atom stereocenters. The van der Waals surface area contributed by atoms with Crippen LogP contribution in [0, 0.1) is 5.92 Å². The van der Waals surface area contributed by atoms with Crippen LogP contribution in [0.4, 0.5) is 0 Å². The Hall–Kier alpha value is -1.55. The van der Waals surface area contributed by atoms with Crippen LogP contribution in [0.15, 0.2) is 24.3 Å². The molecule has 0 aromatic heterocycles. The molecular weight excluding hydrogens is 252 g/mol. The van der Waals surface area contributed by atoms with Gasteiger partial charge >= 0.3 is 0 Å². The quantitative estimate of drug-likeness (QED) is 0.887. The summed E-state index contributed by atoms with van der Waals surface area (Å²) in [5.74, 6) is 1.51. The van der Waals surface area contributed by atoms with Crippen LogP contribution in [-0.2, 0) is 4.79 Å². The fraction of sp³-hybridized carbons (Fsp3) is 0.562. The topological polar surface area (TPSA) is 50.4 Å². The lowest BCUT2D eigenvalue weighted by atomic mass is 9.93. The Balaban J connectivity index is 1.96. The smallest absolute Gasteiger partial charge is 0.237 e.